The van der Waals surface area contributed by atoms with E-state index in [0.29, 0.717) is 5.56 Å². The van der Waals surface area contributed by atoms with E-state index in [2.05, 4.69) is 28.5 Å². The Kier molecular flexibility index (Phi) is 4.79. The summed E-state index contributed by atoms with van der Waals surface area (Å²) in [5.74, 6) is -0.0924. The molecule has 1 aliphatic heterocycles. The lowest BCUT2D eigenvalue weighted by Crippen LogP contribution is -2.48. The molecule has 6 nitrogen and oxygen atoms in total. The number of aromatic nitrogens is 1. The van der Waals surface area contributed by atoms with E-state index in [9.17, 15) is 9.59 Å². The van der Waals surface area contributed by atoms with Gasteiger partial charge in [-0.15, -0.1) is 0 Å². The molecule has 1 unspecified atom stereocenters. The molecule has 1 N–H and O–H groups in total. The molecular weight excluding hydrogens is 352 g/mol. The van der Waals surface area contributed by atoms with Crippen molar-refractivity contribution in [2.24, 2.45) is 0 Å². The molecule has 4 rings (SSSR count). The van der Waals surface area contributed by atoms with Gasteiger partial charge in [-0.25, -0.2) is 4.79 Å². The van der Waals surface area contributed by atoms with Crippen LogP contribution in [-0.4, -0.2) is 53.9 Å². The second-order valence-electron chi connectivity index (χ2n) is 8.00. The van der Waals surface area contributed by atoms with Crippen LogP contribution in [0, 0.1) is 0 Å². The first-order valence-corrected chi connectivity index (χ1v) is 9.77. The molecule has 0 saturated carbocycles. The molecular formula is C22H26N4O2. The first-order chi connectivity index (χ1) is 13.5. The van der Waals surface area contributed by atoms with Crippen molar-refractivity contribution in [2.45, 2.75) is 30.7 Å². The second kappa shape index (κ2) is 7.26. The lowest BCUT2D eigenvalue weighted by molar-refractivity contribution is 0.0926. The summed E-state index contributed by atoms with van der Waals surface area (Å²) >= 11 is 0. The Balaban J connectivity index is 1.54. The van der Waals surface area contributed by atoms with Crippen molar-refractivity contribution in [3.8, 4) is 0 Å². The Morgan fingerprint density at radius 1 is 1.14 bits per heavy atom. The fourth-order valence-corrected chi connectivity index (χ4v) is 4.64. The standard InChI is InChI=1S/C22H26N4O2/c1-25(2)21(28)26-12-9-22(10-13-26)14-19(17-7-3-4-8-18(17)22)24-20(27)16-6-5-11-23-15-16/h3-8,11,15,19H,9-10,12-14H2,1-2H3,(H,24,27). The summed E-state index contributed by atoms with van der Waals surface area (Å²) in [6.45, 7) is 1.49. The Hall–Kier alpha value is -2.89. The molecule has 6 heteroatoms. The zero-order valence-corrected chi connectivity index (χ0v) is 16.4. The molecule has 1 saturated heterocycles. The smallest absolute Gasteiger partial charge is 0.319 e. The van der Waals surface area contributed by atoms with E-state index in [1.807, 2.05) is 11.0 Å². The minimum atomic E-state index is -0.0924. The number of rotatable bonds is 2. The molecule has 2 aliphatic rings. The predicted octanol–water partition coefficient (Wildman–Crippen LogP) is 2.97. The largest absolute Gasteiger partial charge is 0.345 e. The van der Waals surface area contributed by atoms with E-state index in [4.69, 9.17) is 0 Å². The molecule has 1 spiro atoms. The zero-order valence-electron chi connectivity index (χ0n) is 16.4. The highest BCUT2D eigenvalue weighted by Gasteiger charge is 2.46. The number of hydrogen-bond donors (Lipinski definition) is 1. The summed E-state index contributed by atoms with van der Waals surface area (Å²) in [6.07, 6.45) is 5.98. The number of urea groups is 1. The van der Waals surface area contributed by atoms with Crippen LogP contribution in [0.25, 0.3) is 0 Å². The fraction of sp³-hybridized carbons (Fsp3) is 0.409. The van der Waals surface area contributed by atoms with Crippen LogP contribution in [-0.2, 0) is 5.41 Å². The van der Waals surface area contributed by atoms with Gasteiger partial charge in [0.1, 0.15) is 0 Å². The van der Waals surface area contributed by atoms with Crippen molar-refractivity contribution >= 4 is 11.9 Å². The topological polar surface area (TPSA) is 65.5 Å². The van der Waals surface area contributed by atoms with Gasteiger partial charge in [-0.3, -0.25) is 9.78 Å². The lowest BCUT2D eigenvalue weighted by atomic mass is 9.73. The van der Waals surface area contributed by atoms with Crippen LogP contribution in [0.4, 0.5) is 4.79 Å². The van der Waals surface area contributed by atoms with Crippen LogP contribution in [0.5, 0.6) is 0 Å². The van der Waals surface area contributed by atoms with Crippen molar-refractivity contribution in [3.63, 3.8) is 0 Å². The van der Waals surface area contributed by atoms with Gasteiger partial charge >= 0.3 is 6.03 Å². The monoisotopic (exact) mass is 378 g/mol. The van der Waals surface area contributed by atoms with Gasteiger partial charge in [0.15, 0.2) is 0 Å². The number of carbonyl (C=O) groups excluding carboxylic acids is 2. The third-order valence-electron chi connectivity index (χ3n) is 6.11. The van der Waals surface area contributed by atoms with E-state index in [1.54, 1.807) is 43.5 Å². The van der Waals surface area contributed by atoms with Crippen LogP contribution in [0.2, 0.25) is 0 Å². The number of fused-ring (bicyclic) bond motifs is 2. The van der Waals surface area contributed by atoms with Crippen LogP contribution >= 0.6 is 0 Å². The SMILES string of the molecule is CN(C)C(=O)N1CCC2(CC1)CC(NC(=O)c1cccnc1)c1ccccc12. The molecule has 1 atom stereocenters. The Bertz CT molecular complexity index is 873. The summed E-state index contributed by atoms with van der Waals surface area (Å²) < 4.78 is 0. The maximum absolute atomic E-state index is 12.7. The molecule has 1 fully saturated rings. The van der Waals surface area contributed by atoms with Gasteiger partial charge < -0.3 is 15.1 Å². The van der Waals surface area contributed by atoms with Gasteiger partial charge in [-0.05, 0) is 42.5 Å². The van der Waals surface area contributed by atoms with Crippen molar-refractivity contribution in [3.05, 3.63) is 65.5 Å². The number of pyridine rings is 1. The van der Waals surface area contributed by atoms with Crippen LogP contribution < -0.4 is 5.32 Å². The molecule has 1 aromatic carbocycles. The highest BCUT2D eigenvalue weighted by atomic mass is 16.2. The van der Waals surface area contributed by atoms with Gasteiger partial charge in [-0.1, -0.05) is 24.3 Å². The molecule has 1 aliphatic carbocycles. The van der Waals surface area contributed by atoms with Crippen molar-refractivity contribution < 1.29 is 9.59 Å². The summed E-state index contributed by atoms with van der Waals surface area (Å²) in [7, 11) is 3.59. The molecule has 0 bridgehead atoms. The molecule has 146 valence electrons. The minimum absolute atomic E-state index is 0.0139. The van der Waals surface area contributed by atoms with Gasteiger partial charge in [0.05, 0.1) is 11.6 Å². The number of likely N-dealkylation sites (tertiary alicyclic amines) is 1. The number of benzene rings is 1. The van der Waals surface area contributed by atoms with Gasteiger partial charge in [-0.2, -0.15) is 0 Å². The first-order valence-electron chi connectivity index (χ1n) is 9.77. The van der Waals surface area contributed by atoms with Crippen molar-refractivity contribution in [1.82, 2.24) is 20.1 Å². The molecule has 3 amide bonds. The van der Waals surface area contributed by atoms with E-state index >= 15 is 0 Å². The normalized spacial score (nSPS) is 19.9. The number of nitrogens with zero attached hydrogens (tertiary/aromatic N) is 3. The first kappa shape index (κ1) is 18.5. The average molecular weight is 378 g/mol. The molecule has 28 heavy (non-hydrogen) atoms. The number of carbonyl (C=O) groups is 2. The quantitative estimate of drug-likeness (QED) is 0.874. The van der Waals surface area contributed by atoms with Crippen LogP contribution in [0.1, 0.15) is 46.8 Å². The Morgan fingerprint density at radius 2 is 1.89 bits per heavy atom. The molecule has 0 radical (unpaired) electrons. The summed E-state index contributed by atoms with van der Waals surface area (Å²) in [4.78, 5) is 32.6. The second-order valence-corrected chi connectivity index (χ2v) is 8.00. The Labute approximate surface area is 165 Å². The predicted molar refractivity (Wildman–Crippen MR) is 107 cm³/mol. The van der Waals surface area contributed by atoms with Crippen molar-refractivity contribution in [1.29, 1.82) is 0 Å². The summed E-state index contributed by atoms with van der Waals surface area (Å²) in [6, 6.07) is 12.0. The highest BCUT2D eigenvalue weighted by Crippen LogP contribution is 2.50. The molecule has 1 aromatic heterocycles. The molecule has 2 aromatic rings. The number of amides is 3. The lowest BCUT2D eigenvalue weighted by Gasteiger charge is -2.41. The van der Waals surface area contributed by atoms with Gasteiger partial charge in [0.2, 0.25) is 0 Å². The minimum Gasteiger partial charge on any atom is -0.345 e. The van der Waals surface area contributed by atoms with E-state index < -0.39 is 0 Å². The van der Waals surface area contributed by atoms with E-state index in [0.717, 1.165) is 32.4 Å². The summed E-state index contributed by atoms with van der Waals surface area (Å²) in [5, 5.41) is 3.21. The zero-order chi connectivity index (χ0) is 19.7. The summed E-state index contributed by atoms with van der Waals surface area (Å²) in [5.41, 5.74) is 3.12. The van der Waals surface area contributed by atoms with Crippen LogP contribution in [0.3, 0.4) is 0 Å². The average Bonchev–Trinajstić information content (AvgIpc) is 3.02. The number of hydrogen-bond acceptors (Lipinski definition) is 3. The number of piperidine rings is 1. The Morgan fingerprint density at radius 3 is 2.57 bits per heavy atom. The van der Waals surface area contributed by atoms with Gasteiger partial charge in [0.25, 0.3) is 5.91 Å². The van der Waals surface area contributed by atoms with E-state index in [1.165, 1.54) is 11.1 Å². The fourth-order valence-electron chi connectivity index (χ4n) is 4.64. The van der Waals surface area contributed by atoms with Crippen LogP contribution in [0.15, 0.2) is 48.8 Å². The molecule has 2 heterocycles. The highest BCUT2D eigenvalue weighted by molar-refractivity contribution is 5.94. The maximum atomic E-state index is 12.7. The van der Waals surface area contributed by atoms with Gasteiger partial charge in [0, 0.05) is 45.0 Å². The van der Waals surface area contributed by atoms with Crippen molar-refractivity contribution in [2.75, 3.05) is 27.2 Å². The third kappa shape index (κ3) is 3.23. The number of nitrogens with one attached hydrogen (secondary N) is 1. The van der Waals surface area contributed by atoms with E-state index in [-0.39, 0.29) is 23.4 Å². The third-order valence-corrected chi connectivity index (χ3v) is 6.11. The maximum Gasteiger partial charge on any atom is 0.319 e.